The second-order valence-electron chi connectivity index (χ2n) is 5.08. The second kappa shape index (κ2) is 8.33. The molecule has 1 aromatic heterocycles. The molecule has 0 spiro atoms. The quantitative estimate of drug-likeness (QED) is 0.701. The van der Waals surface area contributed by atoms with Gasteiger partial charge in [0.15, 0.2) is 5.76 Å². The average molecular weight is 321 g/mol. The first kappa shape index (κ1) is 17.0. The second-order valence-corrected chi connectivity index (χ2v) is 5.08. The van der Waals surface area contributed by atoms with Gasteiger partial charge in [-0.15, -0.1) is 0 Å². The van der Waals surface area contributed by atoms with Crippen LogP contribution in [0.3, 0.4) is 0 Å². The monoisotopic (exact) mass is 321 g/mol. The molecule has 1 aromatic carbocycles. The van der Waals surface area contributed by atoms with Gasteiger partial charge in [0.1, 0.15) is 23.9 Å². The summed E-state index contributed by atoms with van der Waals surface area (Å²) in [6.07, 6.45) is 0.658. The lowest BCUT2D eigenvalue weighted by molar-refractivity contribution is 0.0748. The highest BCUT2D eigenvalue weighted by Gasteiger charge is 2.15. The number of rotatable bonds is 8. The van der Waals surface area contributed by atoms with Crippen molar-refractivity contribution in [2.75, 3.05) is 27.3 Å². The van der Waals surface area contributed by atoms with Gasteiger partial charge >= 0.3 is 0 Å². The molecule has 6 heteroatoms. The number of nitrogens with zero attached hydrogens (tertiary/aromatic N) is 1. The third-order valence-corrected chi connectivity index (χ3v) is 3.23. The van der Waals surface area contributed by atoms with Gasteiger partial charge in [-0.25, -0.2) is 4.39 Å². The number of carbonyl (C=O) groups excluding carboxylic acids is 1. The molecule has 2 rings (SSSR count). The Labute approximate surface area is 134 Å². The van der Waals surface area contributed by atoms with Crippen molar-refractivity contribution in [2.24, 2.45) is 0 Å². The molecule has 0 radical (unpaired) electrons. The molecule has 0 aliphatic heterocycles. The summed E-state index contributed by atoms with van der Waals surface area (Å²) < 4.78 is 28.6. The fraction of sp³-hybridized carbons (Fsp3) is 0.353. The summed E-state index contributed by atoms with van der Waals surface area (Å²) in [6.45, 7) is 1.30. The summed E-state index contributed by atoms with van der Waals surface area (Å²) in [6, 6.07) is 9.21. The van der Waals surface area contributed by atoms with Crippen LogP contribution in [-0.4, -0.2) is 38.1 Å². The van der Waals surface area contributed by atoms with Crippen LogP contribution >= 0.6 is 0 Å². The van der Waals surface area contributed by atoms with E-state index in [0.717, 1.165) is 0 Å². The number of halogens is 1. The summed E-state index contributed by atoms with van der Waals surface area (Å²) in [4.78, 5) is 13.7. The summed E-state index contributed by atoms with van der Waals surface area (Å²) in [7, 11) is 3.27. The van der Waals surface area contributed by atoms with Gasteiger partial charge in [0.2, 0.25) is 0 Å². The molecule has 1 heterocycles. The Balaban J connectivity index is 1.74. The Morgan fingerprint density at radius 1 is 1.22 bits per heavy atom. The first-order valence-electron chi connectivity index (χ1n) is 7.31. The molecule has 0 aliphatic carbocycles. The van der Waals surface area contributed by atoms with Crippen molar-refractivity contribution >= 4 is 5.91 Å². The molecule has 0 aliphatic rings. The number of benzene rings is 1. The molecule has 0 saturated heterocycles. The van der Waals surface area contributed by atoms with Crippen LogP contribution in [0.1, 0.15) is 22.7 Å². The summed E-state index contributed by atoms with van der Waals surface area (Å²) in [5.74, 6) is 1.03. The largest absolute Gasteiger partial charge is 0.494 e. The van der Waals surface area contributed by atoms with E-state index >= 15 is 0 Å². The van der Waals surface area contributed by atoms with Crippen molar-refractivity contribution in [2.45, 2.75) is 13.0 Å². The molecule has 0 saturated carbocycles. The maximum atomic E-state index is 12.8. The summed E-state index contributed by atoms with van der Waals surface area (Å²) in [5, 5.41) is 0. The van der Waals surface area contributed by atoms with E-state index < -0.39 is 0 Å². The normalized spacial score (nSPS) is 10.6. The Hall–Kier alpha value is -2.34. The van der Waals surface area contributed by atoms with Crippen molar-refractivity contribution in [3.63, 3.8) is 0 Å². The van der Waals surface area contributed by atoms with Crippen LogP contribution in [0.4, 0.5) is 4.39 Å². The molecule has 0 bridgehead atoms. The fourth-order valence-electron chi connectivity index (χ4n) is 2.02. The van der Waals surface area contributed by atoms with Crippen molar-refractivity contribution in [1.82, 2.24) is 4.90 Å². The maximum absolute atomic E-state index is 12.8. The highest BCUT2D eigenvalue weighted by Crippen LogP contribution is 2.13. The van der Waals surface area contributed by atoms with Crippen LogP contribution < -0.4 is 4.74 Å². The predicted molar refractivity (Wildman–Crippen MR) is 82.9 cm³/mol. The van der Waals surface area contributed by atoms with Crippen LogP contribution in [0.2, 0.25) is 0 Å². The van der Waals surface area contributed by atoms with E-state index in [1.54, 1.807) is 43.3 Å². The Kier molecular flexibility index (Phi) is 6.17. The lowest BCUT2D eigenvalue weighted by Crippen LogP contribution is -2.28. The first-order valence-corrected chi connectivity index (χ1v) is 7.31. The zero-order chi connectivity index (χ0) is 16.7. The standard InChI is InChI=1S/C17H20FNO4/c1-19(17(20)16-9-8-15(23-16)12-21-2)10-3-11-22-14-6-4-13(18)5-7-14/h4-9H,3,10-12H2,1-2H3. The van der Waals surface area contributed by atoms with E-state index in [2.05, 4.69) is 0 Å². The topological polar surface area (TPSA) is 51.9 Å². The number of carbonyl (C=O) groups is 1. The Morgan fingerprint density at radius 2 is 1.96 bits per heavy atom. The molecule has 0 unspecified atom stereocenters. The highest BCUT2D eigenvalue weighted by atomic mass is 19.1. The summed E-state index contributed by atoms with van der Waals surface area (Å²) in [5.41, 5.74) is 0. The third kappa shape index (κ3) is 5.10. The van der Waals surface area contributed by atoms with Crippen LogP contribution in [0, 0.1) is 5.82 Å². The fourth-order valence-corrected chi connectivity index (χ4v) is 2.02. The molecular weight excluding hydrogens is 301 g/mol. The lowest BCUT2D eigenvalue weighted by Gasteiger charge is -2.15. The average Bonchev–Trinajstić information content (AvgIpc) is 3.01. The number of hydrogen-bond donors (Lipinski definition) is 0. The summed E-state index contributed by atoms with van der Waals surface area (Å²) >= 11 is 0. The van der Waals surface area contributed by atoms with E-state index in [-0.39, 0.29) is 11.7 Å². The van der Waals surface area contributed by atoms with Crippen molar-refractivity contribution in [1.29, 1.82) is 0 Å². The Bertz CT molecular complexity index is 624. The van der Waals surface area contributed by atoms with Gasteiger partial charge < -0.3 is 18.8 Å². The lowest BCUT2D eigenvalue weighted by atomic mass is 10.3. The van der Waals surface area contributed by atoms with Gasteiger partial charge in [-0.1, -0.05) is 0 Å². The zero-order valence-electron chi connectivity index (χ0n) is 13.3. The molecule has 0 fully saturated rings. The predicted octanol–water partition coefficient (Wildman–Crippen LogP) is 3.11. The van der Waals surface area contributed by atoms with Gasteiger partial charge in [0, 0.05) is 20.7 Å². The van der Waals surface area contributed by atoms with Gasteiger partial charge in [-0.05, 0) is 42.8 Å². The molecular formula is C17H20FNO4. The van der Waals surface area contributed by atoms with E-state index in [9.17, 15) is 9.18 Å². The molecule has 2 aromatic rings. The van der Waals surface area contributed by atoms with Crippen molar-refractivity contribution in [3.8, 4) is 5.75 Å². The number of ether oxygens (including phenoxy) is 2. The third-order valence-electron chi connectivity index (χ3n) is 3.23. The first-order chi connectivity index (χ1) is 11.1. The highest BCUT2D eigenvalue weighted by molar-refractivity contribution is 5.91. The molecule has 1 amide bonds. The number of hydrogen-bond acceptors (Lipinski definition) is 4. The molecule has 23 heavy (non-hydrogen) atoms. The minimum atomic E-state index is -0.297. The van der Waals surface area contributed by atoms with Crippen LogP contribution in [0.25, 0.3) is 0 Å². The Morgan fingerprint density at radius 3 is 2.65 bits per heavy atom. The zero-order valence-corrected chi connectivity index (χ0v) is 13.3. The van der Waals surface area contributed by atoms with Gasteiger partial charge in [0.05, 0.1) is 6.61 Å². The SMILES string of the molecule is COCc1ccc(C(=O)N(C)CCCOc2ccc(F)cc2)o1. The number of amides is 1. The number of methoxy groups -OCH3 is 1. The molecule has 124 valence electrons. The maximum Gasteiger partial charge on any atom is 0.289 e. The van der Waals surface area contributed by atoms with Crippen molar-refractivity contribution in [3.05, 3.63) is 53.7 Å². The van der Waals surface area contributed by atoms with E-state index in [1.165, 1.54) is 12.1 Å². The van der Waals surface area contributed by atoms with Crippen LogP contribution in [0.15, 0.2) is 40.8 Å². The number of furan rings is 1. The molecule has 0 atom stereocenters. The molecule has 5 nitrogen and oxygen atoms in total. The van der Waals surface area contributed by atoms with Gasteiger partial charge in [-0.2, -0.15) is 0 Å². The minimum Gasteiger partial charge on any atom is -0.494 e. The smallest absolute Gasteiger partial charge is 0.289 e. The van der Waals surface area contributed by atoms with E-state index in [4.69, 9.17) is 13.9 Å². The van der Waals surface area contributed by atoms with E-state index in [0.29, 0.717) is 43.4 Å². The minimum absolute atomic E-state index is 0.186. The van der Waals surface area contributed by atoms with Gasteiger partial charge in [0.25, 0.3) is 5.91 Å². The molecule has 0 N–H and O–H groups in total. The van der Waals surface area contributed by atoms with Crippen LogP contribution in [-0.2, 0) is 11.3 Å². The van der Waals surface area contributed by atoms with Crippen molar-refractivity contribution < 1.29 is 23.1 Å². The van der Waals surface area contributed by atoms with Gasteiger partial charge in [-0.3, -0.25) is 4.79 Å². The van der Waals surface area contributed by atoms with Crippen LogP contribution in [0.5, 0.6) is 5.75 Å². The van der Waals surface area contributed by atoms with E-state index in [1.807, 2.05) is 0 Å².